The zero-order chi connectivity index (χ0) is 32.1. The molecule has 45 heavy (non-hydrogen) atoms. The average molecular weight is 676 g/mol. The van der Waals surface area contributed by atoms with Crippen molar-refractivity contribution >= 4 is 50.9 Å². The second-order valence-electron chi connectivity index (χ2n) is 11.6. The predicted molar refractivity (Wildman–Crippen MR) is 179 cm³/mol. The second kappa shape index (κ2) is 14.6. The number of nitrogens with zero attached hydrogens (tertiary/aromatic N) is 1. The molecular weight excluding hydrogens is 636 g/mol. The number of hydrogen-bond acceptors (Lipinski definition) is 7. The molecule has 0 aromatic heterocycles. The fraction of sp³-hybridized carbons (Fsp3) is 0.333. The number of rotatable bonds is 12. The zero-order valence-corrected chi connectivity index (χ0v) is 27.0. The molecule has 5 rings (SSSR count). The molecule has 1 aliphatic heterocycles. The quantitative estimate of drug-likeness (QED) is 0.126. The molecule has 0 bridgehead atoms. The van der Waals surface area contributed by atoms with Gasteiger partial charge in [-0.1, -0.05) is 52.7 Å². The van der Waals surface area contributed by atoms with E-state index in [-0.39, 0.29) is 37.2 Å². The molecule has 0 unspecified atom stereocenters. The minimum Gasteiger partial charge on any atom is -0.507 e. The lowest BCUT2D eigenvalue weighted by atomic mass is 9.68. The molecular formula is C36H39BrN2O6. The maximum Gasteiger partial charge on any atom is 0.238 e. The molecule has 0 spiro atoms. The van der Waals surface area contributed by atoms with Crippen LogP contribution in [-0.4, -0.2) is 53.6 Å². The Morgan fingerprint density at radius 3 is 2.44 bits per heavy atom. The fourth-order valence-electron chi connectivity index (χ4n) is 6.59. The summed E-state index contributed by atoms with van der Waals surface area (Å²) in [6.07, 6.45) is 2.88. The highest BCUT2D eigenvalue weighted by Gasteiger charge is 2.55. The number of hydrogen-bond donors (Lipinski definition) is 4. The molecule has 1 fully saturated rings. The van der Waals surface area contributed by atoms with Gasteiger partial charge in [-0.3, -0.25) is 14.5 Å². The van der Waals surface area contributed by atoms with Crippen LogP contribution in [0.3, 0.4) is 0 Å². The standard InChI is InChI=1S/C36H39BrN2O6/c1-3-22(17-23-18-25(37)10-16-31(23)41)9-15-32(42)33-24(21-45-2)19-29-34(30(33)20-40)36(44)39(35(29)43)28-13-11-27(12-14-28)38-26-7-5-4-6-8-26/h4-8,10-14,16-18,29-30,32,34,38,40-42H,3,9,15,19-21H2,1-2H3/b22-17+/t29-,30+,32-,34-/m1/s1. The van der Waals surface area contributed by atoms with Gasteiger partial charge in [0.2, 0.25) is 11.8 Å². The van der Waals surface area contributed by atoms with Gasteiger partial charge in [-0.2, -0.15) is 0 Å². The van der Waals surface area contributed by atoms with Gasteiger partial charge in [-0.05, 0) is 91.4 Å². The van der Waals surface area contributed by atoms with Gasteiger partial charge in [0.25, 0.3) is 0 Å². The van der Waals surface area contributed by atoms with Crippen molar-refractivity contribution in [3.63, 3.8) is 0 Å². The Balaban J connectivity index is 1.36. The number of phenols is 1. The molecule has 9 heteroatoms. The van der Waals surface area contributed by atoms with Crippen LogP contribution in [0, 0.1) is 17.8 Å². The largest absolute Gasteiger partial charge is 0.507 e. The van der Waals surface area contributed by atoms with Gasteiger partial charge in [-0.15, -0.1) is 0 Å². The van der Waals surface area contributed by atoms with Crippen LogP contribution in [-0.2, 0) is 14.3 Å². The number of methoxy groups -OCH3 is 1. The Kier molecular flexibility index (Phi) is 10.6. The van der Waals surface area contributed by atoms with Crippen LogP contribution < -0.4 is 10.2 Å². The summed E-state index contributed by atoms with van der Waals surface area (Å²) >= 11 is 3.44. The van der Waals surface area contributed by atoms with Gasteiger partial charge in [0.15, 0.2) is 0 Å². The summed E-state index contributed by atoms with van der Waals surface area (Å²) in [4.78, 5) is 28.9. The highest BCUT2D eigenvalue weighted by Crippen LogP contribution is 2.47. The third-order valence-corrected chi connectivity index (χ3v) is 9.28. The number of fused-ring (bicyclic) bond motifs is 1. The number of anilines is 3. The molecule has 1 saturated heterocycles. The maximum atomic E-state index is 13.9. The molecule has 0 radical (unpaired) electrons. The van der Waals surface area contributed by atoms with E-state index in [2.05, 4.69) is 21.2 Å². The summed E-state index contributed by atoms with van der Waals surface area (Å²) in [5, 5.41) is 35.8. The second-order valence-corrected chi connectivity index (χ2v) is 12.5. The summed E-state index contributed by atoms with van der Waals surface area (Å²) in [7, 11) is 1.55. The van der Waals surface area contributed by atoms with E-state index in [9.17, 15) is 24.9 Å². The first kappa shape index (κ1) is 32.6. The van der Waals surface area contributed by atoms with Crippen LogP contribution in [0.2, 0.25) is 0 Å². The summed E-state index contributed by atoms with van der Waals surface area (Å²) in [6, 6.07) is 22.1. The van der Waals surface area contributed by atoms with Crippen molar-refractivity contribution < 1.29 is 29.6 Å². The number of imide groups is 1. The summed E-state index contributed by atoms with van der Waals surface area (Å²) in [5.41, 5.74) is 5.27. The summed E-state index contributed by atoms with van der Waals surface area (Å²) in [5.74, 6) is -2.65. The number of amides is 2. The van der Waals surface area contributed by atoms with Crippen LogP contribution in [0.25, 0.3) is 6.08 Å². The molecule has 4 atom stereocenters. The van der Waals surface area contributed by atoms with Gasteiger partial charge in [0.05, 0.1) is 36.8 Å². The molecule has 1 heterocycles. The third-order valence-electron chi connectivity index (χ3n) is 8.79. The van der Waals surface area contributed by atoms with E-state index in [4.69, 9.17) is 4.74 Å². The van der Waals surface area contributed by atoms with Gasteiger partial charge >= 0.3 is 0 Å². The number of ether oxygens (including phenoxy) is 1. The minimum absolute atomic E-state index is 0.171. The predicted octanol–water partition coefficient (Wildman–Crippen LogP) is 6.59. The van der Waals surface area contributed by atoms with Crippen LogP contribution >= 0.6 is 15.9 Å². The number of carbonyl (C=O) groups is 2. The van der Waals surface area contributed by atoms with Crippen molar-refractivity contribution in [1.82, 2.24) is 0 Å². The fourth-order valence-corrected chi connectivity index (χ4v) is 6.97. The number of carbonyl (C=O) groups excluding carboxylic acids is 2. The normalized spacial score (nSPS) is 20.9. The van der Waals surface area contributed by atoms with Crippen molar-refractivity contribution in [3.8, 4) is 5.75 Å². The Bertz CT molecular complexity index is 1590. The van der Waals surface area contributed by atoms with E-state index >= 15 is 0 Å². The number of aromatic hydroxyl groups is 1. The first-order chi connectivity index (χ1) is 21.7. The van der Waals surface area contributed by atoms with Crippen molar-refractivity contribution in [2.24, 2.45) is 17.8 Å². The lowest BCUT2D eigenvalue weighted by Crippen LogP contribution is -2.39. The maximum absolute atomic E-state index is 13.9. The molecule has 8 nitrogen and oxygen atoms in total. The third kappa shape index (κ3) is 7.07. The van der Waals surface area contributed by atoms with Crippen molar-refractivity contribution in [2.75, 3.05) is 30.5 Å². The van der Waals surface area contributed by atoms with Crippen LogP contribution in [0.5, 0.6) is 5.75 Å². The van der Waals surface area contributed by atoms with E-state index in [1.807, 2.05) is 61.5 Å². The number of nitrogens with one attached hydrogen (secondary N) is 1. The molecule has 3 aromatic carbocycles. The number of aliphatic hydroxyl groups excluding tert-OH is 2. The van der Waals surface area contributed by atoms with Crippen molar-refractivity contribution in [3.05, 3.63) is 99.6 Å². The van der Waals surface area contributed by atoms with Crippen LogP contribution in [0.4, 0.5) is 17.1 Å². The zero-order valence-electron chi connectivity index (χ0n) is 25.4. The molecule has 1 aliphatic carbocycles. The van der Waals surface area contributed by atoms with Crippen LogP contribution in [0.1, 0.15) is 38.2 Å². The number of para-hydroxylation sites is 1. The first-order valence-corrected chi connectivity index (χ1v) is 16.0. The Morgan fingerprint density at radius 1 is 1.07 bits per heavy atom. The van der Waals surface area contributed by atoms with Crippen molar-refractivity contribution in [1.29, 1.82) is 0 Å². The van der Waals surface area contributed by atoms with Gasteiger partial charge in [-0.25, -0.2) is 0 Å². The topological polar surface area (TPSA) is 119 Å². The minimum atomic E-state index is -0.945. The van der Waals surface area contributed by atoms with Crippen LogP contribution in [0.15, 0.2) is 94.0 Å². The smallest absolute Gasteiger partial charge is 0.238 e. The average Bonchev–Trinajstić information content (AvgIpc) is 3.29. The Hall–Kier alpha value is -3.76. The summed E-state index contributed by atoms with van der Waals surface area (Å²) < 4.78 is 6.33. The Labute approximate surface area is 272 Å². The molecule has 4 N–H and O–H groups in total. The molecule has 3 aromatic rings. The summed E-state index contributed by atoms with van der Waals surface area (Å²) in [6.45, 7) is 1.83. The number of phenolic OH excluding ortho intramolecular Hbond substituents is 1. The van der Waals surface area contributed by atoms with E-state index in [1.165, 1.54) is 4.90 Å². The highest BCUT2D eigenvalue weighted by atomic mass is 79.9. The van der Waals surface area contributed by atoms with Gasteiger partial charge in [0, 0.05) is 34.4 Å². The molecule has 236 valence electrons. The number of halogens is 1. The lowest BCUT2D eigenvalue weighted by molar-refractivity contribution is -0.123. The van der Waals surface area contributed by atoms with Gasteiger partial charge < -0.3 is 25.4 Å². The Morgan fingerprint density at radius 2 is 1.78 bits per heavy atom. The number of aliphatic hydroxyl groups is 2. The molecule has 2 amide bonds. The molecule has 2 aliphatic rings. The van der Waals surface area contributed by atoms with E-state index in [1.54, 1.807) is 31.4 Å². The SMILES string of the molecule is CC/C(=C\c1cc(Br)ccc1O)CC[C@@H](O)C1=C(COC)C[C@H]2C(=O)N(c3ccc(Nc4ccccc4)cc3)C(=O)[C@H]2[C@H]1CO. The monoisotopic (exact) mass is 674 g/mol. The van der Waals surface area contributed by atoms with Gasteiger partial charge in [0.1, 0.15) is 5.75 Å². The number of allylic oxidation sites excluding steroid dienone is 1. The van der Waals surface area contributed by atoms with Crippen molar-refractivity contribution in [2.45, 2.75) is 38.7 Å². The highest BCUT2D eigenvalue weighted by molar-refractivity contribution is 9.10. The lowest BCUT2D eigenvalue weighted by Gasteiger charge is -2.36. The number of benzene rings is 3. The van der Waals surface area contributed by atoms with E-state index in [0.29, 0.717) is 29.7 Å². The first-order valence-electron chi connectivity index (χ1n) is 15.2. The van der Waals surface area contributed by atoms with E-state index in [0.717, 1.165) is 33.4 Å². The van der Waals surface area contributed by atoms with E-state index < -0.39 is 23.9 Å². The molecule has 0 saturated carbocycles.